The van der Waals surface area contributed by atoms with Crippen LogP contribution in [-0.2, 0) is 6.18 Å². The molecule has 3 heterocycles. The Morgan fingerprint density at radius 2 is 1.94 bits per heavy atom. The van der Waals surface area contributed by atoms with Crippen LogP contribution in [0.2, 0.25) is 0 Å². The maximum absolute atomic E-state index is 13.4. The Bertz CT molecular complexity index is 1290. The van der Waals surface area contributed by atoms with Gasteiger partial charge in [0.15, 0.2) is 5.75 Å². The molecule has 1 fully saturated rings. The zero-order valence-electron chi connectivity index (χ0n) is 19.0. The molecule has 1 atom stereocenters. The van der Waals surface area contributed by atoms with Gasteiger partial charge in [0.25, 0.3) is 5.91 Å². The summed E-state index contributed by atoms with van der Waals surface area (Å²) in [4.78, 5) is 22.1. The highest BCUT2D eigenvalue weighted by Crippen LogP contribution is 2.42. The molecule has 0 spiro atoms. The molecule has 3 aromatic rings. The van der Waals surface area contributed by atoms with Gasteiger partial charge in [-0.3, -0.25) is 4.79 Å². The fourth-order valence-electron chi connectivity index (χ4n) is 4.29. The molecule has 35 heavy (non-hydrogen) atoms. The van der Waals surface area contributed by atoms with E-state index in [1.54, 1.807) is 24.3 Å². The molecule has 182 valence electrons. The van der Waals surface area contributed by atoms with E-state index < -0.39 is 11.7 Å². The van der Waals surface area contributed by atoms with Crippen molar-refractivity contribution < 1.29 is 27.4 Å². The molecular formula is C25H22F3N3O3S. The van der Waals surface area contributed by atoms with Crippen LogP contribution in [0.4, 0.5) is 18.9 Å². The number of rotatable bonds is 2. The van der Waals surface area contributed by atoms with E-state index in [0.29, 0.717) is 47.4 Å². The van der Waals surface area contributed by atoms with Gasteiger partial charge in [0.2, 0.25) is 0 Å². The van der Waals surface area contributed by atoms with E-state index in [0.717, 1.165) is 12.1 Å². The lowest BCUT2D eigenvalue weighted by Crippen LogP contribution is -2.55. The molecule has 1 aromatic heterocycles. The number of piperazine rings is 1. The van der Waals surface area contributed by atoms with Crippen molar-refractivity contribution in [1.82, 2.24) is 9.80 Å². The quantitative estimate of drug-likeness (QED) is 0.445. The first-order valence-electron chi connectivity index (χ1n) is 11.0. The van der Waals surface area contributed by atoms with E-state index in [1.165, 1.54) is 24.5 Å². The molecule has 0 saturated carbocycles. The van der Waals surface area contributed by atoms with Gasteiger partial charge in [-0.1, -0.05) is 6.07 Å². The summed E-state index contributed by atoms with van der Waals surface area (Å²) in [6.45, 7) is 3.33. The predicted octanol–water partition coefficient (Wildman–Crippen LogP) is 5.81. The average Bonchev–Trinajstić information content (AvgIpc) is 3.32. The number of amidine groups is 1. The van der Waals surface area contributed by atoms with Crippen LogP contribution in [0.25, 0.3) is 0 Å². The van der Waals surface area contributed by atoms with Gasteiger partial charge in [-0.25, -0.2) is 4.99 Å². The summed E-state index contributed by atoms with van der Waals surface area (Å²) in [5.41, 5.74) is -0.0969. The van der Waals surface area contributed by atoms with Crippen molar-refractivity contribution in [3.8, 4) is 17.2 Å². The molecule has 2 aliphatic heterocycles. The second-order valence-electron chi connectivity index (χ2n) is 8.35. The smallest absolute Gasteiger partial charge is 0.416 e. The van der Waals surface area contributed by atoms with Crippen molar-refractivity contribution in [2.24, 2.45) is 4.99 Å². The van der Waals surface area contributed by atoms with E-state index in [9.17, 15) is 18.0 Å². The minimum absolute atomic E-state index is 0.0273. The Labute approximate surface area is 204 Å². The minimum atomic E-state index is -4.50. The number of carbonyl (C=O) groups is 1. The van der Waals surface area contributed by atoms with Gasteiger partial charge < -0.3 is 19.3 Å². The summed E-state index contributed by atoms with van der Waals surface area (Å²) in [5.74, 6) is 1.72. The molecule has 2 aromatic carbocycles. The number of amides is 1. The number of alkyl halides is 3. The maximum atomic E-state index is 13.4. The third-order valence-corrected chi connectivity index (χ3v) is 6.94. The molecular weight excluding hydrogens is 479 g/mol. The van der Waals surface area contributed by atoms with Gasteiger partial charge in [-0.2, -0.15) is 13.2 Å². The highest BCUT2D eigenvalue weighted by atomic mass is 32.1. The summed E-state index contributed by atoms with van der Waals surface area (Å²) in [7, 11) is 1.54. The first-order valence-corrected chi connectivity index (χ1v) is 11.9. The lowest BCUT2D eigenvalue weighted by atomic mass is 10.1. The highest BCUT2D eigenvalue weighted by Gasteiger charge is 2.34. The first kappa shape index (κ1) is 23.2. The summed E-state index contributed by atoms with van der Waals surface area (Å²) >= 11 is 1.40. The van der Waals surface area contributed by atoms with Gasteiger partial charge in [-0.05, 0) is 54.8 Å². The number of hydrogen-bond donors (Lipinski definition) is 0. The molecule has 0 unspecified atom stereocenters. The van der Waals surface area contributed by atoms with Crippen LogP contribution in [-0.4, -0.2) is 54.3 Å². The van der Waals surface area contributed by atoms with E-state index in [4.69, 9.17) is 9.47 Å². The minimum Gasteiger partial charge on any atom is -0.497 e. The zero-order chi connectivity index (χ0) is 24.7. The van der Waals surface area contributed by atoms with Crippen molar-refractivity contribution in [3.63, 3.8) is 0 Å². The normalized spacial score (nSPS) is 17.6. The van der Waals surface area contributed by atoms with Crippen LogP contribution in [0.3, 0.4) is 0 Å². The number of ether oxygens (including phenoxy) is 2. The number of fused-ring (bicyclic) bond motifs is 2. The lowest BCUT2D eigenvalue weighted by Gasteiger charge is -2.41. The van der Waals surface area contributed by atoms with Gasteiger partial charge in [0.05, 0.1) is 23.1 Å². The van der Waals surface area contributed by atoms with Crippen LogP contribution in [0.5, 0.6) is 17.2 Å². The van der Waals surface area contributed by atoms with Crippen LogP contribution >= 0.6 is 11.3 Å². The van der Waals surface area contributed by atoms with Crippen LogP contribution in [0.1, 0.15) is 27.7 Å². The van der Waals surface area contributed by atoms with Gasteiger partial charge in [0.1, 0.15) is 23.0 Å². The van der Waals surface area contributed by atoms with Crippen molar-refractivity contribution in [2.45, 2.75) is 19.1 Å². The Balaban J connectivity index is 1.53. The van der Waals surface area contributed by atoms with Gasteiger partial charge in [0, 0.05) is 25.7 Å². The molecule has 2 aliphatic rings. The second-order valence-corrected chi connectivity index (χ2v) is 9.30. The Morgan fingerprint density at radius 3 is 2.63 bits per heavy atom. The fourth-order valence-corrected chi connectivity index (χ4v) is 4.97. The van der Waals surface area contributed by atoms with Crippen LogP contribution in [0, 0.1) is 0 Å². The largest absolute Gasteiger partial charge is 0.497 e. The number of hydrogen-bond acceptors (Lipinski definition) is 6. The van der Waals surface area contributed by atoms with Crippen molar-refractivity contribution >= 4 is 28.8 Å². The fraction of sp³-hybridized carbons (Fsp3) is 0.280. The van der Waals surface area contributed by atoms with Crippen molar-refractivity contribution in [2.75, 3.05) is 26.7 Å². The second kappa shape index (κ2) is 8.92. The van der Waals surface area contributed by atoms with Crippen molar-refractivity contribution in [3.05, 3.63) is 69.9 Å². The molecule has 10 heteroatoms. The predicted molar refractivity (Wildman–Crippen MR) is 127 cm³/mol. The third kappa shape index (κ3) is 4.45. The molecule has 1 amide bonds. The van der Waals surface area contributed by atoms with E-state index in [2.05, 4.69) is 4.99 Å². The van der Waals surface area contributed by atoms with E-state index >= 15 is 0 Å². The number of carbonyl (C=O) groups excluding carboxylic acids is 1. The standard InChI is InChI=1S/C25H22F3N3O3S/c1-15-14-30(9-10-31(15)24(32)22-4-3-11-35-22)23-18-13-17(33-2)6-8-20(18)34-21-7-5-16(25(26,27)28)12-19(21)29-23/h3-8,11-13,15H,9-10,14H2,1-2H3/t15-/m0/s1. The highest BCUT2D eigenvalue weighted by molar-refractivity contribution is 7.12. The molecule has 0 aliphatic carbocycles. The number of methoxy groups -OCH3 is 1. The van der Waals surface area contributed by atoms with Crippen molar-refractivity contribution in [1.29, 1.82) is 0 Å². The topological polar surface area (TPSA) is 54.4 Å². The molecule has 1 saturated heterocycles. The molecule has 0 N–H and O–H groups in total. The Hall–Kier alpha value is -3.53. The molecule has 0 bridgehead atoms. The average molecular weight is 502 g/mol. The van der Waals surface area contributed by atoms with Crippen LogP contribution in [0.15, 0.2) is 58.9 Å². The molecule has 0 radical (unpaired) electrons. The molecule has 5 rings (SSSR count). The maximum Gasteiger partial charge on any atom is 0.416 e. The summed E-state index contributed by atoms with van der Waals surface area (Å²) in [6, 6.07) is 12.0. The lowest BCUT2D eigenvalue weighted by molar-refractivity contribution is -0.137. The number of aliphatic imine (C=N–C) groups is 1. The monoisotopic (exact) mass is 501 g/mol. The zero-order valence-corrected chi connectivity index (χ0v) is 19.8. The summed E-state index contributed by atoms with van der Waals surface area (Å²) in [6.07, 6.45) is -4.50. The van der Waals surface area contributed by atoms with Gasteiger partial charge >= 0.3 is 6.18 Å². The summed E-state index contributed by atoms with van der Waals surface area (Å²) < 4.78 is 51.6. The van der Waals surface area contributed by atoms with E-state index in [-0.39, 0.29) is 23.4 Å². The van der Waals surface area contributed by atoms with E-state index in [1.807, 2.05) is 28.2 Å². The SMILES string of the molecule is COc1ccc2c(c1)C(N1CCN(C(=O)c3cccs3)[C@@H](C)C1)=Nc1cc(C(F)(F)F)ccc1O2. The summed E-state index contributed by atoms with van der Waals surface area (Å²) in [5, 5.41) is 1.87. The number of thiophene rings is 1. The number of halogens is 3. The Kier molecular flexibility index (Phi) is 5.92. The Morgan fingerprint density at radius 1 is 1.14 bits per heavy atom. The molecule has 6 nitrogen and oxygen atoms in total. The number of nitrogens with zero attached hydrogens (tertiary/aromatic N) is 3. The first-order chi connectivity index (χ1) is 16.7. The van der Waals surface area contributed by atoms with Gasteiger partial charge in [-0.15, -0.1) is 11.3 Å². The number of benzene rings is 2. The third-order valence-electron chi connectivity index (χ3n) is 6.08. The van der Waals surface area contributed by atoms with Crippen LogP contribution < -0.4 is 9.47 Å².